The Morgan fingerprint density at radius 1 is 1.06 bits per heavy atom. The summed E-state index contributed by atoms with van der Waals surface area (Å²) in [6.07, 6.45) is 10.1. The highest BCUT2D eigenvalue weighted by Gasteiger charge is 2.17. The van der Waals surface area contributed by atoms with Crippen LogP contribution in [0.3, 0.4) is 0 Å². The van der Waals surface area contributed by atoms with E-state index in [0.29, 0.717) is 18.7 Å². The van der Waals surface area contributed by atoms with Crippen molar-refractivity contribution in [1.82, 2.24) is 10.6 Å². The predicted octanol–water partition coefficient (Wildman–Crippen LogP) is 1.59. The summed E-state index contributed by atoms with van der Waals surface area (Å²) in [5.41, 5.74) is 0. The van der Waals surface area contributed by atoms with Gasteiger partial charge in [0.2, 0.25) is 5.91 Å². The molecule has 4 heteroatoms. The van der Waals surface area contributed by atoms with Crippen LogP contribution < -0.4 is 10.6 Å². The van der Waals surface area contributed by atoms with Crippen molar-refractivity contribution in [2.75, 3.05) is 19.7 Å². The molecule has 1 heterocycles. The molecule has 104 valence electrons. The van der Waals surface area contributed by atoms with E-state index in [-0.39, 0.29) is 5.91 Å². The molecule has 0 aromatic heterocycles. The molecule has 0 radical (unpaired) electrons. The second-order valence-electron chi connectivity index (χ2n) is 5.52. The minimum absolute atomic E-state index is 0.139. The maximum atomic E-state index is 11.8. The van der Waals surface area contributed by atoms with E-state index >= 15 is 0 Å². The quantitative estimate of drug-likeness (QED) is 0.733. The Bertz CT molecular complexity index is 244. The van der Waals surface area contributed by atoms with Gasteiger partial charge in [-0.15, -0.1) is 0 Å². The lowest BCUT2D eigenvalue weighted by Crippen LogP contribution is -2.41. The van der Waals surface area contributed by atoms with E-state index in [1.54, 1.807) is 0 Å². The van der Waals surface area contributed by atoms with E-state index in [9.17, 15) is 4.79 Å². The van der Waals surface area contributed by atoms with Crippen LogP contribution in [0.15, 0.2) is 0 Å². The van der Waals surface area contributed by atoms with Crippen molar-refractivity contribution in [3.05, 3.63) is 0 Å². The molecule has 1 amide bonds. The Labute approximate surface area is 110 Å². The summed E-state index contributed by atoms with van der Waals surface area (Å²) in [4.78, 5) is 11.8. The number of hydrogen-bond acceptors (Lipinski definition) is 3. The van der Waals surface area contributed by atoms with Crippen LogP contribution in [-0.4, -0.2) is 37.7 Å². The molecule has 2 N–H and O–H groups in total. The maximum absolute atomic E-state index is 11.8. The van der Waals surface area contributed by atoms with Crippen LogP contribution in [0, 0.1) is 0 Å². The summed E-state index contributed by atoms with van der Waals surface area (Å²) in [6.45, 7) is 2.11. The molecule has 4 nitrogen and oxygen atoms in total. The Morgan fingerprint density at radius 3 is 2.50 bits per heavy atom. The van der Waals surface area contributed by atoms with Gasteiger partial charge < -0.3 is 15.4 Å². The fourth-order valence-corrected chi connectivity index (χ4v) is 2.85. The third-order valence-corrected chi connectivity index (χ3v) is 3.90. The minimum Gasteiger partial charge on any atom is -0.377 e. The Morgan fingerprint density at radius 2 is 1.83 bits per heavy atom. The highest BCUT2D eigenvalue weighted by Crippen LogP contribution is 2.17. The lowest BCUT2D eigenvalue weighted by atomic mass is 10.1. The van der Waals surface area contributed by atoms with Gasteiger partial charge in [-0.1, -0.05) is 25.7 Å². The van der Waals surface area contributed by atoms with E-state index in [2.05, 4.69) is 10.6 Å². The molecule has 2 rings (SSSR count). The van der Waals surface area contributed by atoms with E-state index in [4.69, 9.17) is 4.74 Å². The number of ether oxygens (including phenoxy) is 1. The highest BCUT2D eigenvalue weighted by molar-refractivity contribution is 5.78. The summed E-state index contributed by atoms with van der Waals surface area (Å²) in [5.74, 6) is 0.139. The molecule has 1 saturated heterocycles. The molecule has 2 aliphatic rings. The maximum Gasteiger partial charge on any atom is 0.234 e. The van der Waals surface area contributed by atoms with Crippen LogP contribution in [0.4, 0.5) is 0 Å². The molecule has 1 aliphatic heterocycles. The first-order valence-electron chi connectivity index (χ1n) is 7.46. The third kappa shape index (κ3) is 4.94. The zero-order chi connectivity index (χ0) is 12.6. The van der Waals surface area contributed by atoms with E-state index in [1.165, 1.54) is 25.7 Å². The average Bonchev–Trinajstić information content (AvgIpc) is 2.74. The summed E-state index contributed by atoms with van der Waals surface area (Å²) in [6, 6.07) is 0.407. The molecular formula is C14H26N2O2. The molecule has 0 aromatic carbocycles. The smallest absolute Gasteiger partial charge is 0.234 e. The lowest BCUT2D eigenvalue weighted by Gasteiger charge is -2.17. The lowest BCUT2D eigenvalue weighted by molar-refractivity contribution is -0.121. The van der Waals surface area contributed by atoms with Gasteiger partial charge in [0, 0.05) is 19.2 Å². The highest BCUT2D eigenvalue weighted by atomic mass is 16.5. The van der Waals surface area contributed by atoms with Gasteiger partial charge in [0.05, 0.1) is 12.6 Å². The van der Waals surface area contributed by atoms with Crippen molar-refractivity contribution in [2.45, 2.75) is 63.5 Å². The fourth-order valence-electron chi connectivity index (χ4n) is 2.85. The minimum atomic E-state index is 0.139. The molecule has 1 unspecified atom stereocenters. The standard InChI is InChI=1S/C14H26N2O2/c17-14(11-15-10-13-8-5-9-18-13)16-12-6-3-1-2-4-7-12/h12-13,15H,1-11H2,(H,16,17). The summed E-state index contributed by atoms with van der Waals surface area (Å²) < 4.78 is 5.51. The van der Waals surface area contributed by atoms with Gasteiger partial charge >= 0.3 is 0 Å². The van der Waals surface area contributed by atoms with E-state index in [0.717, 1.165) is 38.8 Å². The van der Waals surface area contributed by atoms with Crippen LogP contribution in [0.2, 0.25) is 0 Å². The molecule has 0 bridgehead atoms. The summed E-state index contributed by atoms with van der Waals surface area (Å²) >= 11 is 0. The first kappa shape index (κ1) is 13.8. The van der Waals surface area contributed by atoms with Gasteiger partial charge in [0.1, 0.15) is 0 Å². The molecular weight excluding hydrogens is 228 g/mol. The van der Waals surface area contributed by atoms with Crippen molar-refractivity contribution in [2.24, 2.45) is 0 Å². The number of carbonyl (C=O) groups is 1. The molecule has 18 heavy (non-hydrogen) atoms. The zero-order valence-electron chi connectivity index (χ0n) is 11.2. The van der Waals surface area contributed by atoms with Crippen molar-refractivity contribution >= 4 is 5.91 Å². The first-order valence-corrected chi connectivity index (χ1v) is 7.46. The Kier molecular flexibility index (Phi) is 5.94. The van der Waals surface area contributed by atoms with Gasteiger partial charge in [-0.25, -0.2) is 0 Å². The van der Waals surface area contributed by atoms with E-state index < -0.39 is 0 Å². The van der Waals surface area contributed by atoms with Crippen LogP contribution in [0.25, 0.3) is 0 Å². The van der Waals surface area contributed by atoms with Crippen LogP contribution in [0.5, 0.6) is 0 Å². The van der Waals surface area contributed by atoms with Gasteiger partial charge in [-0.3, -0.25) is 4.79 Å². The largest absolute Gasteiger partial charge is 0.377 e. The van der Waals surface area contributed by atoms with Crippen molar-refractivity contribution in [3.63, 3.8) is 0 Å². The average molecular weight is 254 g/mol. The second kappa shape index (κ2) is 7.74. The summed E-state index contributed by atoms with van der Waals surface area (Å²) in [5, 5.41) is 6.34. The molecule has 0 spiro atoms. The number of nitrogens with one attached hydrogen (secondary N) is 2. The monoisotopic (exact) mass is 254 g/mol. The zero-order valence-corrected chi connectivity index (χ0v) is 11.2. The molecule has 1 saturated carbocycles. The SMILES string of the molecule is O=C(CNCC1CCCO1)NC1CCCCCC1. The van der Waals surface area contributed by atoms with Gasteiger partial charge in [-0.2, -0.15) is 0 Å². The normalized spacial score (nSPS) is 25.9. The molecule has 1 atom stereocenters. The fraction of sp³-hybridized carbons (Fsp3) is 0.929. The number of hydrogen-bond donors (Lipinski definition) is 2. The number of amides is 1. The third-order valence-electron chi connectivity index (χ3n) is 3.90. The van der Waals surface area contributed by atoms with Crippen LogP contribution in [0.1, 0.15) is 51.4 Å². The molecule has 2 fully saturated rings. The Balaban J connectivity index is 1.56. The number of rotatable bonds is 5. The number of carbonyl (C=O) groups excluding carboxylic acids is 1. The predicted molar refractivity (Wildman–Crippen MR) is 71.5 cm³/mol. The molecule has 1 aliphatic carbocycles. The topological polar surface area (TPSA) is 50.4 Å². The van der Waals surface area contributed by atoms with Crippen molar-refractivity contribution < 1.29 is 9.53 Å². The van der Waals surface area contributed by atoms with Crippen LogP contribution in [-0.2, 0) is 9.53 Å². The Hall–Kier alpha value is -0.610. The van der Waals surface area contributed by atoms with E-state index in [1.807, 2.05) is 0 Å². The van der Waals surface area contributed by atoms with Gasteiger partial charge in [0.15, 0.2) is 0 Å². The van der Waals surface area contributed by atoms with Crippen molar-refractivity contribution in [3.8, 4) is 0 Å². The van der Waals surface area contributed by atoms with Crippen LogP contribution >= 0.6 is 0 Å². The van der Waals surface area contributed by atoms with Gasteiger partial charge in [0.25, 0.3) is 0 Å². The molecule has 0 aromatic rings. The van der Waals surface area contributed by atoms with Gasteiger partial charge in [-0.05, 0) is 25.7 Å². The summed E-state index contributed by atoms with van der Waals surface area (Å²) in [7, 11) is 0. The first-order chi connectivity index (χ1) is 8.84. The van der Waals surface area contributed by atoms with Crippen molar-refractivity contribution in [1.29, 1.82) is 0 Å². The second-order valence-corrected chi connectivity index (χ2v) is 5.52.